The summed E-state index contributed by atoms with van der Waals surface area (Å²) in [6.45, 7) is 16.8. The van der Waals surface area contributed by atoms with Crippen LogP contribution >= 0.6 is 0 Å². The Labute approximate surface area is 255 Å². The van der Waals surface area contributed by atoms with Gasteiger partial charge in [-0.3, -0.25) is 19.8 Å². The van der Waals surface area contributed by atoms with Crippen molar-refractivity contribution in [1.82, 2.24) is 20.2 Å². The fourth-order valence-corrected chi connectivity index (χ4v) is 4.29. The van der Waals surface area contributed by atoms with Crippen LogP contribution in [0.2, 0.25) is 0 Å². The standard InChI is InChI=1S/C32H48N4O7/c1-11-41-27(38)22(2)19-24-13-12-14-25(20-24)32(9,28(39)34-35(10)29(40)43-30(4,5)6)17-16-31(7,8)21-42-26-15-18-36(33-26)23(3)37/h12-15,18,20,22H,11,16-17,19,21H2,1-10H3,(H,34,39). The zero-order valence-electron chi connectivity index (χ0n) is 27.3. The van der Waals surface area contributed by atoms with Gasteiger partial charge in [-0.2, -0.15) is 0 Å². The maximum atomic E-state index is 13.9. The van der Waals surface area contributed by atoms with Crippen LogP contribution in [-0.4, -0.2) is 64.5 Å². The maximum absolute atomic E-state index is 13.9. The number of esters is 1. The predicted molar refractivity (Wildman–Crippen MR) is 162 cm³/mol. The summed E-state index contributed by atoms with van der Waals surface area (Å²) >= 11 is 0. The highest BCUT2D eigenvalue weighted by molar-refractivity contribution is 5.89. The van der Waals surface area contributed by atoms with Crippen molar-refractivity contribution < 1.29 is 33.4 Å². The molecule has 1 N–H and O–H groups in total. The molecule has 1 aromatic heterocycles. The number of benzene rings is 1. The molecular formula is C32H48N4O7. The second-order valence-electron chi connectivity index (χ2n) is 12.9. The van der Waals surface area contributed by atoms with Gasteiger partial charge >= 0.3 is 12.1 Å². The zero-order valence-corrected chi connectivity index (χ0v) is 27.3. The van der Waals surface area contributed by atoms with E-state index in [1.54, 1.807) is 40.0 Å². The van der Waals surface area contributed by atoms with Gasteiger partial charge in [0.25, 0.3) is 0 Å². The molecule has 11 heteroatoms. The van der Waals surface area contributed by atoms with Gasteiger partial charge < -0.3 is 14.2 Å². The number of nitrogens with zero attached hydrogens (tertiary/aromatic N) is 3. The summed E-state index contributed by atoms with van der Waals surface area (Å²) in [5.41, 5.74) is 2.18. The molecule has 2 unspecified atom stereocenters. The van der Waals surface area contributed by atoms with E-state index >= 15 is 0 Å². The van der Waals surface area contributed by atoms with E-state index in [0.717, 1.165) is 16.1 Å². The first-order chi connectivity index (χ1) is 19.9. The average molecular weight is 601 g/mol. The third kappa shape index (κ3) is 10.7. The molecule has 0 fully saturated rings. The molecule has 0 radical (unpaired) electrons. The smallest absolute Gasteiger partial charge is 0.428 e. The van der Waals surface area contributed by atoms with Crippen LogP contribution in [-0.2, 0) is 30.9 Å². The van der Waals surface area contributed by atoms with Crippen molar-refractivity contribution in [3.05, 3.63) is 47.7 Å². The van der Waals surface area contributed by atoms with E-state index < -0.39 is 17.1 Å². The number of ether oxygens (including phenoxy) is 3. The molecule has 0 bridgehead atoms. The topological polar surface area (TPSA) is 129 Å². The number of carbonyl (C=O) groups is 4. The number of amides is 2. The maximum Gasteiger partial charge on any atom is 0.428 e. The third-order valence-electron chi connectivity index (χ3n) is 7.03. The lowest BCUT2D eigenvalue weighted by Gasteiger charge is -2.35. The summed E-state index contributed by atoms with van der Waals surface area (Å²) in [7, 11) is 1.45. The summed E-state index contributed by atoms with van der Waals surface area (Å²) in [5.74, 6) is -0.885. The van der Waals surface area contributed by atoms with E-state index in [1.165, 1.54) is 18.7 Å². The lowest BCUT2D eigenvalue weighted by molar-refractivity contribution is -0.147. The van der Waals surface area contributed by atoms with Crippen LogP contribution in [0, 0.1) is 11.3 Å². The van der Waals surface area contributed by atoms with Crippen molar-refractivity contribution in [1.29, 1.82) is 0 Å². The molecule has 2 amide bonds. The van der Waals surface area contributed by atoms with Gasteiger partial charge in [-0.05, 0) is 70.4 Å². The van der Waals surface area contributed by atoms with Crippen molar-refractivity contribution >= 4 is 23.9 Å². The summed E-state index contributed by atoms with van der Waals surface area (Å²) < 4.78 is 17.7. The number of carbonyl (C=O) groups excluding carboxylic acids is 4. The molecule has 11 nitrogen and oxygen atoms in total. The van der Waals surface area contributed by atoms with Gasteiger partial charge in [-0.1, -0.05) is 45.0 Å². The first-order valence-corrected chi connectivity index (χ1v) is 14.6. The molecule has 0 saturated carbocycles. The van der Waals surface area contributed by atoms with Crippen LogP contribution in [0.3, 0.4) is 0 Å². The van der Waals surface area contributed by atoms with Crippen LogP contribution < -0.4 is 10.2 Å². The van der Waals surface area contributed by atoms with Gasteiger partial charge in [0, 0.05) is 26.2 Å². The van der Waals surface area contributed by atoms with E-state index in [1.807, 2.05) is 52.0 Å². The molecular weight excluding hydrogens is 552 g/mol. The molecule has 238 valence electrons. The van der Waals surface area contributed by atoms with E-state index in [4.69, 9.17) is 14.2 Å². The van der Waals surface area contributed by atoms with Gasteiger partial charge in [0.1, 0.15) is 5.60 Å². The third-order valence-corrected chi connectivity index (χ3v) is 7.03. The fraction of sp³-hybridized carbons (Fsp3) is 0.594. The van der Waals surface area contributed by atoms with E-state index in [9.17, 15) is 19.2 Å². The first-order valence-electron chi connectivity index (χ1n) is 14.6. The Morgan fingerprint density at radius 2 is 1.72 bits per heavy atom. The molecule has 2 aromatic rings. The Morgan fingerprint density at radius 1 is 1.05 bits per heavy atom. The quantitative estimate of drug-likeness (QED) is 0.256. The van der Waals surface area contributed by atoms with Gasteiger partial charge in [0.15, 0.2) is 0 Å². The fourth-order valence-electron chi connectivity index (χ4n) is 4.29. The molecule has 43 heavy (non-hydrogen) atoms. The van der Waals surface area contributed by atoms with Gasteiger partial charge in [-0.15, -0.1) is 5.10 Å². The minimum Gasteiger partial charge on any atom is -0.476 e. The van der Waals surface area contributed by atoms with Crippen molar-refractivity contribution in [2.75, 3.05) is 20.3 Å². The molecule has 0 aliphatic rings. The van der Waals surface area contributed by atoms with Gasteiger partial charge in [-0.25, -0.2) is 14.5 Å². The lowest BCUT2D eigenvalue weighted by Crippen LogP contribution is -2.52. The minimum absolute atomic E-state index is 0.217. The van der Waals surface area contributed by atoms with E-state index in [-0.39, 0.29) is 29.1 Å². The number of hydrazine groups is 1. The Balaban J connectivity index is 2.31. The van der Waals surface area contributed by atoms with Crippen molar-refractivity contribution in [3.63, 3.8) is 0 Å². The average Bonchev–Trinajstić information content (AvgIpc) is 3.40. The lowest BCUT2D eigenvalue weighted by atomic mass is 9.73. The van der Waals surface area contributed by atoms with Crippen LogP contribution in [0.4, 0.5) is 4.79 Å². The number of hydrogen-bond donors (Lipinski definition) is 1. The summed E-state index contributed by atoms with van der Waals surface area (Å²) in [5, 5.41) is 5.18. The SMILES string of the molecule is CCOC(=O)C(C)Cc1cccc(C(C)(CCC(C)(C)COc2ccn(C(C)=O)n2)C(=O)NN(C)C(=O)OC(C)(C)C)c1. The monoisotopic (exact) mass is 600 g/mol. The number of nitrogens with one attached hydrogen (secondary N) is 1. The van der Waals surface area contributed by atoms with E-state index in [2.05, 4.69) is 10.5 Å². The summed E-state index contributed by atoms with van der Waals surface area (Å²) in [4.78, 5) is 50.4. The van der Waals surface area contributed by atoms with Crippen LogP contribution in [0.5, 0.6) is 5.88 Å². The molecule has 2 atom stereocenters. The molecule has 2 rings (SSSR count). The van der Waals surface area contributed by atoms with Crippen LogP contribution in [0.25, 0.3) is 0 Å². The summed E-state index contributed by atoms with van der Waals surface area (Å²) in [6.07, 6.45) is 2.30. The van der Waals surface area contributed by atoms with E-state index in [0.29, 0.717) is 38.4 Å². The van der Waals surface area contributed by atoms with Crippen molar-refractivity contribution in [2.45, 2.75) is 92.6 Å². The summed E-state index contributed by atoms with van der Waals surface area (Å²) in [6, 6.07) is 9.22. The number of rotatable bonds is 12. The Hall–Kier alpha value is -3.89. The second-order valence-corrected chi connectivity index (χ2v) is 12.9. The number of aromatic nitrogens is 2. The molecule has 0 saturated heterocycles. The Morgan fingerprint density at radius 3 is 2.30 bits per heavy atom. The largest absolute Gasteiger partial charge is 0.476 e. The highest BCUT2D eigenvalue weighted by atomic mass is 16.6. The van der Waals surface area contributed by atoms with Gasteiger partial charge in [0.05, 0.1) is 24.5 Å². The number of hydrogen-bond acceptors (Lipinski definition) is 8. The Kier molecular flexibility index (Phi) is 11.9. The normalized spacial score (nSPS) is 13.8. The highest BCUT2D eigenvalue weighted by Crippen LogP contribution is 2.36. The predicted octanol–water partition coefficient (Wildman–Crippen LogP) is 5.33. The second kappa shape index (κ2) is 14.5. The molecule has 1 heterocycles. The molecule has 0 aliphatic carbocycles. The highest BCUT2D eigenvalue weighted by Gasteiger charge is 2.39. The molecule has 0 spiro atoms. The zero-order chi connectivity index (χ0) is 32.6. The van der Waals surface area contributed by atoms with Crippen molar-refractivity contribution in [2.24, 2.45) is 11.3 Å². The minimum atomic E-state index is -1.06. The Bertz CT molecular complexity index is 1280. The first kappa shape index (κ1) is 35.3. The molecule has 1 aromatic carbocycles. The van der Waals surface area contributed by atoms with Gasteiger partial charge in [0.2, 0.25) is 17.7 Å². The molecule has 0 aliphatic heterocycles. The van der Waals surface area contributed by atoms with Crippen LogP contribution in [0.1, 0.15) is 91.1 Å². The van der Waals surface area contributed by atoms with Crippen LogP contribution in [0.15, 0.2) is 36.5 Å². The van der Waals surface area contributed by atoms with Crippen molar-refractivity contribution in [3.8, 4) is 5.88 Å².